The van der Waals surface area contributed by atoms with Crippen LogP contribution < -0.4 is 5.32 Å². The van der Waals surface area contributed by atoms with Crippen molar-refractivity contribution in [1.82, 2.24) is 5.32 Å². The van der Waals surface area contributed by atoms with Gasteiger partial charge in [0.2, 0.25) is 0 Å². The summed E-state index contributed by atoms with van der Waals surface area (Å²) < 4.78 is 36.6. The highest BCUT2D eigenvalue weighted by Gasteiger charge is 2.26. The Morgan fingerprint density at radius 1 is 1.29 bits per heavy atom. The number of esters is 1. The maximum atomic E-state index is 13.0. The zero-order valence-corrected chi connectivity index (χ0v) is 15.5. The lowest BCUT2D eigenvalue weighted by molar-refractivity contribution is 0.0600. The highest BCUT2D eigenvalue weighted by molar-refractivity contribution is 9.10. The SMILES string of the molecule is CC.COC(=O)c1ccc(Br)cc1C1=CC(C(F)F)NC=C1OC. The highest BCUT2D eigenvalue weighted by Crippen LogP contribution is 2.32. The number of allylic oxidation sites excluding steroid dienone is 1. The Morgan fingerprint density at radius 3 is 2.50 bits per heavy atom. The number of carbonyl (C=O) groups excluding carboxylic acids is 1. The Labute approximate surface area is 148 Å². The minimum atomic E-state index is -2.58. The van der Waals surface area contributed by atoms with Crippen molar-refractivity contribution < 1.29 is 23.0 Å². The molecule has 0 aromatic heterocycles. The number of nitrogens with one attached hydrogen (secondary N) is 1. The zero-order chi connectivity index (χ0) is 18.3. The summed E-state index contributed by atoms with van der Waals surface area (Å²) in [5.41, 5.74) is 1.14. The molecule has 1 aromatic carbocycles. The van der Waals surface area contributed by atoms with Crippen molar-refractivity contribution in [2.75, 3.05) is 14.2 Å². The third kappa shape index (κ3) is 4.56. The van der Waals surface area contributed by atoms with E-state index >= 15 is 0 Å². The number of hydrogen-bond donors (Lipinski definition) is 1. The van der Waals surface area contributed by atoms with Gasteiger partial charge in [0.25, 0.3) is 6.43 Å². The number of benzene rings is 1. The average molecular weight is 404 g/mol. The second-order valence-corrected chi connectivity index (χ2v) is 5.42. The van der Waals surface area contributed by atoms with Gasteiger partial charge in [0.1, 0.15) is 11.8 Å². The van der Waals surface area contributed by atoms with E-state index in [0.717, 1.165) is 0 Å². The number of ether oxygens (including phenoxy) is 2. The van der Waals surface area contributed by atoms with Crippen molar-refractivity contribution in [2.24, 2.45) is 0 Å². The molecule has 1 aromatic rings. The minimum Gasteiger partial charge on any atom is -0.495 e. The molecule has 24 heavy (non-hydrogen) atoms. The van der Waals surface area contributed by atoms with Crippen LogP contribution in [-0.4, -0.2) is 32.7 Å². The highest BCUT2D eigenvalue weighted by atomic mass is 79.9. The van der Waals surface area contributed by atoms with Crippen LogP contribution in [0.3, 0.4) is 0 Å². The van der Waals surface area contributed by atoms with Gasteiger partial charge >= 0.3 is 5.97 Å². The first kappa shape index (κ1) is 20.2. The molecule has 1 aliphatic heterocycles. The molecule has 1 unspecified atom stereocenters. The molecule has 0 spiro atoms. The summed E-state index contributed by atoms with van der Waals surface area (Å²) >= 11 is 3.32. The van der Waals surface area contributed by atoms with Crippen LogP contribution >= 0.6 is 15.9 Å². The van der Waals surface area contributed by atoms with E-state index < -0.39 is 18.4 Å². The Bertz CT molecular complexity index is 645. The average Bonchev–Trinajstić information content (AvgIpc) is 2.62. The van der Waals surface area contributed by atoms with E-state index in [2.05, 4.69) is 21.2 Å². The number of dihydropyridines is 1. The Kier molecular flexibility index (Phi) is 7.91. The zero-order valence-electron chi connectivity index (χ0n) is 13.9. The van der Waals surface area contributed by atoms with Crippen LogP contribution in [-0.2, 0) is 9.47 Å². The van der Waals surface area contributed by atoms with E-state index in [0.29, 0.717) is 21.4 Å². The molecule has 2 rings (SSSR count). The maximum absolute atomic E-state index is 13.0. The van der Waals surface area contributed by atoms with Crippen molar-refractivity contribution in [3.63, 3.8) is 0 Å². The molecule has 1 heterocycles. The fraction of sp³-hybridized carbons (Fsp3) is 0.353. The molecule has 1 N–H and O–H groups in total. The lowest BCUT2D eigenvalue weighted by Crippen LogP contribution is -2.33. The summed E-state index contributed by atoms with van der Waals surface area (Å²) in [6.07, 6.45) is 0.129. The van der Waals surface area contributed by atoms with Gasteiger partial charge in [-0.15, -0.1) is 0 Å². The molecular formula is C17H20BrF2NO3. The lowest BCUT2D eigenvalue weighted by Gasteiger charge is -2.23. The Hall–Kier alpha value is -1.89. The summed E-state index contributed by atoms with van der Waals surface area (Å²) in [4.78, 5) is 11.9. The van der Waals surface area contributed by atoms with Gasteiger partial charge in [-0.1, -0.05) is 29.8 Å². The van der Waals surface area contributed by atoms with Gasteiger partial charge in [0.15, 0.2) is 0 Å². The minimum absolute atomic E-state index is 0.273. The van der Waals surface area contributed by atoms with E-state index in [1.54, 1.807) is 18.2 Å². The van der Waals surface area contributed by atoms with E-state index in [9.17, 15) is 13.6 Å². The van der Waals surface area contributed by atoms with E-state index in [1.807, 2.05) is 13.8 Å². The van der Waals surface area contributed by atoms with Crippen LogP contribution in [0.1, 0.15) is 29.8 Å². The third-order valence-electron chi connectivity index (χ3n) is 3.19. The fourth-order valence-electron chi connectivity index (χ4n) is 2.12. The molecule has 7 heteroatoms. The summed E-state index contributed by atoms with van der Waals surface area (Å²) in [5, 5.41) is 2.56. The summed E-state index contributed by atoms with van der Waals surface area (Å²) in [5.74, 6) is -0.189. The molecule has 0 aliphatic carbocycles. The lowest BCUT2D eigenvalue weighted by atomic mass is 9.95. The smallest absolute Gasteiger partial charge is 0.338 e. The number of halogens is 3. The summed E-state index contributed by atoms with van der Waals surface area (Å²) in [7, 11) is 2.69. The standard InChI is InChI=1S/C15H14BrF2NO3.C2H6/c1-21-13-7-19-12(14(17)18)6-11(13)10-5-8(16)3-4-9(10)15(20)22-2;1-2/h3-7,12,14,19H,1-2H3;1-2H3. The van der Waals surface area contributed by atoms with Gasteiger partial charge in [-0.2, -0.15) is 0 Å². The van der Waals surface area contributed by atoms with Gasteiger partial charge in [0.05, 0.1) is 19.8 Å². The van der Waals surface area contributed by atoms with Crippen LogP contribution in [0.15, 0.2) is 40.7 Å². The van der Waals surface area contributed by atoms with E-state index in [4.69, 9.17) is 9.47 Å². The van der Waals surface area contributed by atoms with Crippen LogP contribution in [0, 0.1) is 0 Å². The quantitative estimate of drug-likeness (QED) is 0.758. The van der Waals surface area contributed by atoms with Crippen molar-refractivity contribution in [1.29, 1.82) is 0 Å². The number of methoxy groups -OCH3 is 2. The van der Waals surface area contributed by atoms with Gasteiger partial charge in [-0.05, 0) is 24.3 Å². The molecule has 0 radical (unpaired) electrons. The van der Waals surface area contributed by atoms with E-state index in [-0.39, 0.29) is 5.56 Å². The van der Waals surface area contributed by atoms with Crippen LogP contribution in [0.5, 0.6) is 0 Å². The fourth-order valence-corrected chi connectivity index (χ4v) is 2.48. The molecule has 0 saturated carbocycles. The molecular weight excluding hydrogens is 384 g/mol. The van der Waals surface area contributed by atoms with Crippen LogP contribution in [0.2, 0.25) is 0 Å². The molecule has 0 amide bonds. The number of alkyl halides is 2. The third-order valence-corrected chi connectivity index (χ3v) is 3.68. The summed E-state index contributed by atoms with van der Waals surface area (Å²) in [6.45, 7) is 4.00. The van der Waals surface area contributed by atoms with E-state index in [1.165, 1.54) is 26.5 Å². The first-order chi connectivity index (χ1) is 11.5. The molecule has 1 aliphatic rings. The van der Waals surface area contributed by atoms with Gasteiger partial charge in [-0.3, -0.25) is 0 Å². The Balaban J connectivity index is 0.00000139. The molecule has 132 valence electrons. The molecule has 0 bridgehead atoms. The second-order valence-electron chi connectivity index (χ2n) is 4.50. The first-order valence-corrected chi connectivity index (χ1v) is 8.16. The molecule has 1 atom stereocenters. The molecule has 0 saturated heterocycles. The van der Waals surface area contributed by atoms with Crippen LogP contribution in [0.4, 0.5) is 8.78 Å². The number of carbonyl (C=O) groups is 1. The van der Waals surface area contributed by atoms with Crippen molar-refractivity contribution in [3.8, 4) is 0 Å². The van der Waals surface area contributed by atoms with Gasteiger partial charge in [0, 0.05) is 21.8 Å². The predicted octanol–water partition coefficient (Wildman–Crippen LogP) is 4.37. The number of hydrogen-bond acceptors (Lipinski definition) is 4. The maximum Gasteiger partial charge on any atom is 0.338 e. The topological polar surface area (TPSA) is 47.6 Å². The van der Waals surface area contributed by atoms with Crippen LogP contribution in [0.25, 0.3) is 5.57 Å². The second kappa shape index (κ2) is 9.42. The van der Waals surface area contributed by atoms with Crippen molar-refractivity contribution >= 4 is 27.5 Å². The van der Waals surface area contributed by atoms with Gasteiger partial charge < -0.3 is 14.8 Å². The predicted molar refractivity (Wildman–Crippen MR) is 92.8 cm³/mol. The first-order valence-electron chi connectivity index (χ1n) is 7.36. The van der Waals surface area contributed by atoms with Crippen molar-refractivity contribution in [3.05, 3.63) is 51.8 Å². The van der Waals surface area contributed by atoms with Gasteiger partial charge in [-0.25, -0.2) is 13.6 Å². The summed E-state index contributed by atoms with van der Waals surface area (Å²) in [6, 6.07) is 3.76. The molecule has 0 fully saturated rings. The molecule has 4 nitrogen and oxygen atoms in total. The largest absolute Gasteiger partial charge is 0.495 e. The Morgan fingerprint density at radius 2 is 1.96 bits per heavy atom. The number of rotatable bonds is 4. The monoisotopic (exact) mass is 403 g/mol. The van der Waals surface area contributed by atoms with Crippen molar-refractivity contribution in [2.45, 2.75) is 26.3 Å². The normalized spacial score (nSPS) is 16.2.